The number of hydrogen-bond acceptors (Lipinski definition) is 6. The predicted molar refractivity (Wildman–Crippen MR) is 140 cm³/mol. The molecule has 4 aliphatic rings. The molecule has 192 valence electrons. The maximum Gasteiger partial charge on any atom is 0.236 e. The van der Waals surface area contributed by atoms with E-state index in [0.29, 0.717) is 6.54 Å². The first-order chi connectivity index (χ1) is 15.3. The molecule has 32 heavy (non-hydrogen) atoms. The minimum Gasteiger partial charge on any atom is -0.343 e. The largest absolute Gasteiger partial charge is 0.343 e. The van der Waals surface area contributed by atoms with Crippen molar-refractivity contribution in [2.24, 2.45) is 0 Å². The molecule has 1 amide bonds. The molecule has 0 aromatic heterocycles. The molecule has 0 unspecified atom stereocenters. The summed E-state index contributed by atoms with van der Waals surface area (Å²) in [5, 5.41) is 0. The van der Waals surface area contributed by atoms with E-state index < -0.39 is 0 Å². The monoisotopic (exact) mass is 456 g/mol. The van der Waals surface area contributed by atoms with E-state index >= 15 is 0 Å². The Labute approximate surface area is 200 Å². The van der Waals surface area contributed by atoms with Crippen LogP contribution in [0.4, 0.5) is 0 Å². The molecule has 0 saturated carbocycles. The summed E-state index contributed by atoms with van der Waals surface area (Å²) in [6.45, 7) is 16.7. The Morgan fingerprint density at radius 2 is 0.750 bits per heavy atom. The first-order valence-corrected chi connectivity index (χ1v) is 12.9. The van der Waals surface area contributed by atoms with Crippen molar-refractivity contribution < 1.29 is 4.79 Å². The Morgan fingerprint density at radius 1 is 0.438 bits per heavy atom. The molecule has 4 rings (SSSR count). The van der Waals surface area contributed by atoms with Crippen LogP contribution in [0.15, 0.2) is 0 Å². The lowest BCUT2D eigenvalue weighted by atomic mass is 10.1. The molecule has 7 heteroatoms. The van der Waals surface area contributed by atoms with Crippen LogP contribution < -0.4 is 0 Å². The molecule has 0 bridgehead atoms. The number of piperazine rings is 2. The highest BCUT2D eigenvalue weighted by Gasteiger charge is 2.16. The second-order valence-electron chi connectivity index (χ2n) is 9.53. The van der Waals surface area contributed by atoms with Crippen molar-refractivity contribution >= 4 is 5.91 Å². The van der Waals surface area contributed by atoms with Crippen LogP contribution in [0.1, 0.15) is 46.0 Å². The van der Waals surface area contributed by atoms with E-state index in [4.69, 9.17) is 0 Å². The van der Waals surface area contributed by atoms with Crippen molar-refractivity contribution in [3.63, 3.8) is 0 Å². The Balaban J connectivity index is 0.000000393. The zero-order valence-electron chi connectivity index (χ0n) is 22.9. The van der Waals surface area contributed by atoms with E-state index in [1.165, 1.54) is 84.5 Å². The van der Waals surface area contributed by atoms with Gasteiger partial charge in [-0.15, -0.1) is 0 Å². The quantitative estimate of drug-likeness (QED) is 0.556. The van der Waals surface area contributed by atoms with Crippen molar-refractivity contribution in [2.75, 3.05) is 114 Å². The Kier molecular flexibility index (Phi) is 19.3. The van der Waals surface area contributed by atoms with Gasteiger partial charge in [-0.2, -0.15) is 0 Å². The van der Waals surface area contributed by atoms with Gasteiger partial charge in [0.2, 0.25) is 5.91 Å². The molecule has 0 spiro atoms. The van der Waals surface area contributed by atoms with Crippen LogP contribution in [0.25, 0.3) is 0 Å². The lowest BCUT2D eigenvalue weighted by molar-refractivity contribution is -0.133. The number of carbonyl (C=O) groups is 1. The van der Waals surface area contributed by atoms with Crippen LogP contribution >= 0.6 is 0 Å². The highest BCUT2D eigenvalue weighted by atomic mass is 16.2. The van der Waals surface area contributed by atoms with Crippen molar-refractivity contribution in [1.82, 2.24) is 29.4 Å². The van der Waals surface area contributed by atoms with Crippen LogP contribution in [0.3, 0.4) is 0 Å². The molecule has 0 radical (unpaired) electrons. The zero-order valence-corrected chi connectivity index (χ0v) is 22.9. The molecule has 4 fully saturated rings. The molecule has 0 aliphatic carbocycles. The van der Waals surface area contributed by atoms with Crippen LogP contribution in [0, 0.1) is 0 Å². The summed E-state index contributed by atoms with van der Waals surface area (Å²) in [4.78, 5) is 24.2. The summed E-state index contributed by atoms with van der Waals surface area (Å²) in [5.41, 5.74) is 0. The Morgan fingerprint density at radius 3 is 1.00 bits per heavy atom. The summed E-state index contributed by atoms with van der Waals surface area (Å²) in [7, 11) is 12.5. The molecule has 0 aromatic carbocycles. The summed E-state index contributed by atoms with van der Waals surface area (Å²) in [6, 6.07) is 0. The van der Waals surface area contributed by atoms with Gasteiger partial charge in [0.15, 0.2) is 0 Å². The van der Waals surface area contributed by atoms with Gasteiger partial charge in [-0.3, -0.25) is 9.69 Å². The predicted octanol–water partition coefficient (Wildman–Crippen LogP) is 2.09. The first-order valence-electron chi connectivity index (χ1n) is 12.9. The molecular formula is C25H56N6O. The van der Waals surface area contributed by atoms with Crippen LogP contribution in [-0.2, 0) is 4.79 Å². The first kappa shape index (κ1) is 31.3. The maximum atomic E-state index is 10.9. The summed E-state index contributed by atoms with van der Waals surface area (Å²) < 4.78 is 0. The van der Waals surface area contributed by atoms with E-state index in [2.05, 4.69) is 47.8 Å². The molecule has 4 heterocycles. The second-order valence-corrected chi connectivity index (χ2v) is 9.53. The van der Waals surface area contributed by atoms with E-state index in [1.54, 1.807) is 4.90 Å². The minimum atomic E-state index is 0.226. The normalized spacial score (nSPS) is 23.5. The molecular weight excluding hydrogens is 400 g/mol. The highest BCUT2D eigenvalue weighted by molar-refractivity contribution is 5.78. The lowest BCUT2D eigenvalue weighted by Gasteiger charge is -2.28. The van der Waals surface area contributed by atoms with Gasteiger partial charge < -0.3 is 24.5 Å². The van der Waals surface area contributed by atoms with Gasteiger partial charge in [0.05, 0.1) is 6.54 Å². The fourth-order valence-electron chi connectivity index (χ4n) is 3.71. The maximum absolute atomic E-state index is 10.9. The van der Waals surface area contributed by atoms with Gasteiger partial charge in [-0.05, 0) is 87.1 Å². The lowest BCUT2D eigenvalue weighted by Crippen LogP contribution is -2.46. The molecule has 0 aromatic rings. The van der Waals surface area contributed by atoms with Crippen molar-refractivity contribution in [2.45, 2.75) is 46.0 Å². The van der Waals surface area contributed by atoms with Crippen LogP contribution in [-0.4, -0.2) is 150 Å². The fourth-order valence-corrected chi connectivity index (χ4v) is 3.71. The van der Waals surface area contributed by atoms with Crippen LogP contribution in [0.2, 0.25) is 0 Å². The minimum absolute atomic E-state index is 0.226. The Bertz CT molecular complexity index is 420. The van der Waals surface area contributed by atoms with Gasteiger partial charge in [0.1, 0.15) is 0 Å². The average Bonchev–Trinajstić information content (AvgIpc) is 3.27. The SMILES string of the molecule is CC.CN1CCCC1.CN1CCCCC1.CN1CCN(C)C(=O)C1.CN1CCN(C)CC1. The van der Waals surface area contributed by atoms with E-state index in [-0.39, 0.29) is 5.91 Å². The van der Waals surface area contributed by atoms with Gasteiger partial charge in [-0.1, -0.05) is 20.3 Å². The number of piperidine rings is 1. The number of hydrogen-bond donors (Lipinski definition) is 0. The fraction of sp³-hybridized carbons (Fsp3) is 0.960. The van der Waals surface area contributed by atoms with Crippen molar-refractivity contribution in [3.8, 4) is 0 Å². The number of rotatable bonds is 0. The third-order valence-corrected chi connectivity index (χ3v) is 6.28. The summed E-state index contributed by atoms with van der Waals surface area (Å²) in [5.74, 6) is 0.226. The van der Waals surface area contributed by atoms with Crippen LogP contribution in [0.5, 0.6) is 0 Å². The number of carbonyl (C=O) groups excluding carboxylic acids is 1. The number of nitrogens with zero attached hydrogens (tertiary/aromatic N) is 6. The molecule has 0 atom stereocenters. The zero-order chi connectivity index (χ0) is 24.4. The van der Waals surface area contributed by atoms with Gasteiger partial charge in [0, 0.05) is 46.3 Å². The van der Waals surface area contributed by atoms with Crippen molar-refractivity contribution in [1.29, 1.82) is 0 Å². The molecule has 4 saturated heterocycles. The number of amides is 1. The third kappa shape index (κ3) is 16.8. The molecule has 4 aliphatic heterocycles. The number of likely N-dealkylation sites (tertiary alicyclic amines) is 2. The molecule has 0 N–H and O–H groups in total. The molecule has 7 nitrogen and oxygen atoms in total. The Hall–Kier alpha value is -0.730. The number of likely N-dealkylation sites (N-methyl/N-ethyl adjacent to an activating group) is 4. The summed E-state index contributed by atoms with van der Waals surface area (Å²) in [6.07, 6.45) is 7.10. The topological polar surface area (TPSA) is 36.5 Å². The van der Waals surface area contributed by atoms with Gasteiger partial charge >= 0.3 is 0 Å². The van der Waals surface area contributed by atoms with E-state index in [9.17, 15) is 4.79 Å². The highest BCUT2D eigenvalue weighted by Crippen LogP contribution is 2.04. The third-order valence-electron chi connectivity index (χ3n) is 6.28. The standard InChI is InChI=1S/C6H12N2O.C6H14N2.C6H13N.C5H11N.C2H6/c1-7-3-4-8(2)6(9)5-7;1-7-3-5-8(2)6-4-7;1-7-5-3-2-4-6-7;1-6-4-2-3-5-6;1-2/h3-5H2,1-2H3;3-6H2,1-2H3;2-6H2,1H3;2-5H2,1H3;1-2H3. The second kappa shape index (κ2) is 19.7. The smallest absolute Gasteiger partial charge is 0.236 e. The van der Waals surface area contributed by atoms with Gasteiger partial charge in [0.25, 0.3) is 0 Å². The summed E-state index contributed by atoms with van der Waals surface area (Å²) >= 11 is 0. The van der Waals surface area contributed by atoms with Crippen molar-refractivity contribution in [3.05, 3.63) is 0 Å². The van der Waals surface area contributed by atoms with E-state index in [0.717, 1.165) is 13.1 Å². The van der Waals surface area contributed by atoms with Gasteiger partial charge in [-0.25, -0.2) is 0 Å². The average molecular weight is 457 g/mol. The van der Waals surface area contributed by atoms with E-state index in [1.807, 2.05) is 32.8 Å².